The minimum absolute atomic E-state index is 0.123. The summed E-state index contributed by atoms with van der Waals surface area (Å²) >= 11 is 0. The van der Waals surface area contributed by atoms with Gasteiger partial charge in [-0.15, -0.1) is 0 Å². The fourth-order valence-electron chi connectivity index (χ4n) is 4.31. The average molecular weight is 441 g/mol. The van der Waals surface area contributed by atoms with Crippen LogP contribution in [0.1, 0.15) is 49.2 Å². The van der Waals surface area contributed by atoms with Crippen molar-refractivity contribution in [2.24, 2.45) is 5.10 Å². The maximum absolute atomic E-state index is 6.45. The van der Waals surface area contributed by atoms with Crippen molar-refractivity contribution in [1.82, 2.24) is 5.01 Å². The Morgan fingerprint density at radius 3 is 2.48 bits per heavy atom. The Labute approximate surface area is 194 Å². The zero-order chi connectivity index (χ0) is 22.8. The zero-order valence-corrected chi connectivity index (χ0v) is 19.0. The molecule has 2 heterocycles. The third-order valence-electron chi connectivity index (χ3n) is 5.79. The summed E-state index contributed by atoms with van der Waals surface area (Å²) in [6.45, 7) is 8.24. The Morgan fingerprint density at radius 2 is 1.76 bits per heavy atom. The van der Waals surface area contributed by atoms with Crippen molar-refractivity contribution in [2.45, 2.75) is 38.6 Å². The van der Waals surface area contributed by atoms with Crippen LogP contribution < -0.4 is 14.2 Å². The highest BCUT2D eigenvalue weighted by molar-refractivity contribution is 6.02. The maximum atomic E-state index is 6.45. The van der Waals surface area contributed by atoms with E-state index in [-0.39, 0.29) is 18.4 Å². The Kier molecular flexibility index (Phi) is 5.78. The van der Waals surface area contributed by atoms with E-state index in [1.807, 2.05) is 50.2 Å². The second-order valence-corrected chi connectivity index (χ2v) is 8.51. The van der Waals surface area contributed by atoms with Crippen molar-refractivity contribution >= 4 is 5.71 Å². The van der Waals surface area contributed by atoms with E-state index >= 15 is 0 Å². The number of hydrogen-bond acceptors (Lipinski definition) is 5. The molecular formula is C28H28N2O3. The van der Waals surface area contributed by atoms with Gasteiger partial charge in [0, 0.05) is 17.5 Å². The molecule has 5 nitrogen and oxygen atoms in total. The van der Waals surface area contributed by atoms with Gasteiger partial charge in [-0.1, -0.05) is 30.9 Å². The quantitative estimate of drug-likeness (QED) is 0.406. The molecule has 0 saturated heterocycles. The van der Waals surface area contributed by atoms with Crippen molar-refractivity contribution in [1.29, 1.82) is 0 Å². The van der Waals surface area contributed by atoms with Gasteiger partial charge >= 0.3 is 0 Å². The van der Waals surface area contributed by atoms with Crippen LogP contribution in [0.3, 0.4) is 0 Å². The lowest BCUT2D eigenvalue weighted by Crippen LogP contribution is -2.33. The van der Waals surface area contributed by atoms with Crippen LogP contribution in [0.5, 0.6) is 17.2 Å². The van der Waals surface area contributed by atoms with Crippen LogP contribution >= 0.6 is 0 Å². The van der Waals surface area contributed by atoms with Crippen molar-refractivity contribution in [3.05, 3.63) is 102 Å². The molecular weight excluding hydrogens is 412 g/mol. The van der Waals surface area contributed by atoms with Crippen molar-refractivity contribution < 1.29 is 14.2 Å². The fourth-order valence-corrected chi connectivity index (χ4v) is 4.31. The molecule has 0 bridgehead atoms. The molecule has 168 valence electrons. The van der Waals surface area contributed by atoms with E-state index in [0.29, 0.717) is 6.61 Å². The smallest absolute Gasteiger partial charge is 0.213 e. The van der Waals surface area contributed by atoms with E-state index < -0.39 is 0 Å². The molecule has 0 N–H and O–H groups in total. The summed E-state index contributed by atoms with van der Waals surface area (Å²) in [6, 6.07) is 24.6. The van der Waals surface area contributed by atoms with E-state index in [9.17, 15) is 0 Å². The van der Waals surface area contributed by atoms with Gasteiger partial charge in [-0.3, -0.25) is 0 Å². The average Bonchev–Trinajstić information content (AvgIpc) is 3.28. The molecule has 2 aliphatic rings. The number of fused-ring (bicyclic) bond motifs is 3. The van der Waals surface area contributed by atoms with Gasteiger partial charge in [0.25, 0.3) is 0 Å². The lowest BCUT2D eigenvalue weighted by atomic mass is 9.96. The van der Waals surface area contributed by atoms with Gasteiger partial charge in [0.2, 0.25) is 6.23 Å². The predicted molar refractivity (Wildman–Crippen MR) is 130 cm³/mol. The van der Waals surface area contributed by atoms with E-state index in [0.717, 1.165) is 46.1 Å². The largest absolute Gasteiger partial charge is 0.491 e. The van der Waals surface area contributed by atoms with E-state index in [2.05, 4.69) is 48.0 Å². The number of hydrazone groups is 1. The van der Waals surface area contributed by atoms with Crippen molar-refractivity contribution in [3.63, 3.8) is 0 Å². The second-order valence-electron chi connectivity index (χ2n) is 8.51. The van der Waals surface area contributed by atoms with Crippen LogP contribution in [-0.2, 0) is 0 Å². The van der Waals surface area contributed by atoms with Gasteiger partial charge in [0.15, 0.2) is 0 Å². The Hall–Kier alpha value is -3.73. The lowest BCUT2D eigenvalue weighted by Gasteiger charge is -2.38. The lowest BCUT2D eigenvalue weighted by molar-refractivity contribution is -0.0190. The first-order chi connectivity index (χ1) is 16.1. The highest BCUT2D eigenvalue weighted by Gasteiger charge is 2.40. The summed E-state index contributed by atoms with van der Waals surface area (Å²) in [4.78, 5) is 0. The van der Waals surface area contributed by atoms with Crippen LogP contribution in [-0.4, -0.2) is 23.4 Å². The molecule has 0 radical (unpaired) electrons. The summed E-state index contributed by atoms with van der Waals surface area (Å²) in [5.74, 6) is 2.59. The van der Waals surface area contributed by atoms with E-state index in [1.54, 1.807) is 6.08 Å². The number of para-hydroxylation sites is 1. The minimum Gasteiger partial charge on any atom is -0.491 e. The first-order valence-corrected chi connectivity index (χ1v) is 11.3. The van der Waals surface area contributed by atoms with Gasteiger partial charge in [-0.25, -0.2) is 5.01 Å². The molecule has 0 unspecified atom stereocenters. The first kappa shape index (κ1) is 21.1. The SMILES string of the molecule is C=CCOc1ccc(C2=NN3[C@H](C2)c2ccccc2O[C@H]3c2ccc(OC(C)C)cc2)cc1. The number of ether oxygens (including phenoxy) is 3. The van der Waals surface area contributed by atoms with Gasteiger partial charge < -0.3 is 14.2 Å². The Bertz CT molecular complexity index is 1150. The molecule has 3 aromatic carbocycles. The van der Waals surface area contributed by atoms with Gasteiger partial charge in [0.05, 0.1) is 17.9 Å². The molecule has 0 spiro atoms. The number of benzene rings is 3. The molecule has 2 atom stereocenters. The summed E-state index contributed by atoms with van der Waals surface area (Å²) in [6.07, 6.45) is 2.40. The van der Waals surface area contributed by atoms with Gasteiger partial charge in [0.1, 0.15) is 23.9 Å². The standard InChI is InChI=1S/C28H28N2O3/c1-4-17-31-22-13-9-20(10-14-22)25-18-26-24-7-5-6-8-27(24)33-28(30(26)29-25)21-11-15-23(16-12-21)32-19(2)3/h4-16,19,26,28H,1,17-18H2,2-3H3/t26-,28+/m1/s1. The third-order valence-corrected chi connectivity index (χ3v) is 5.79. The summed E-state index contributed by atoms with van der Waals surface area (Å²) in [5, 5.41) is 7.13. The topological polar surface area (TPSA) is 43.3 Å². The molecule has 0 fully saturated rings. The number of rotatable bonds is 7. The molecule has 5 rings (SSSR count). The summed E-state index contributed by atoms with van der Waals surface area (Å²) < 4.78 is 17.9. The van der Waals surface area contributed by atoms with Gasteiger partial charge in [-0.2, -0.15) is 5.10 Å². The minimum atomic E-state index is -0.300. The Morgan fingerprint density at radius 1 is 1.03 bits per heavy atom. The normalized spacial score (nSPS) is 18.8. The molecule has 2 aliphatic heterocycles. The van der Waals surface area contributed by atoms with Crippen LogP contribution in [0.2, 0.25) is 0 Å². The van der Waals surface area contributed by atoms with Crippen molar-refractivity contribution in [2.75, 3.05) is 6.61 Å². The molecule has 0 aromatic heterocycles. The highest BCUT2D eigenvalue weighted by Crippen LogP contribution is 2.47. The zero-order valence-electron chi connectivity index (χ0n) is 19.0. The van der Waals surface area contributed by atoms with E-state index in [1.165, 1.54) is 0 Å². The molecule has 33 heavy (non-hydrogen) atoms. The summed E-state index contributed by atoms with van der Waals surface area (Å²) in [5.41, 5.74) is 4.34. The maximum Gasteiger partial charge on any atom is 0.213 e. The third kappa shape index (κ3) is 4.31. The predicted octanol–water partition coefficient (Wildman–Crippen LogP) is 6.28. The number of nitrogens with zero attached hydrogens (tertiary/aromatic N) is 2. The van der Waals surface area contributed by atoms with Crippen LogP contribution in [0.25, 0.3) is 0 Å². The monoisotopic (exact) mass is 440 g/mol. The molecule has 0 saturated carbocycles. The molecule has 5 heteroatoms. The highest BCUT2D eigenvalue weighted by atomic mass is 16.5. The molecule has 0 amide bonds. The van der Waals surface area contributed by atoms with Gasteiger partial charge in [-0.05, 0) is 74.0 Å². The van der Waals surface area contributed by atoms with Crippen LogP contribution in [0, 0.1) is 0 Å². The first-order valence-electron chi connectivity index (χ1n) is 11.3. The molecule has 3 aromatic rings. The number of hydrogen-bond donors (Lipinski definition) is 0. The Balaban J connectivity index is 1.45. The van der Waals surface area contributed by atoms with Crippen molar-refractivity contribution in [3.8, 4) is 17.2 Å². The van der Waals surface area contributed by atoms with Crippen LogP contribution in [0.4, 0.5) is 0 Å². The summed E-state index contributed by atoms with van der Waals surface area (Å²) in [7, 11) is 0. The second kappa shape index (κ2) is 9.02. The molecule has 0 aliphatic carbocycles. The van der Waals surface area contributed by atoms with E-state index in [4.69, 9.17) is 19.3 Å². The fraction of sp³-hybridized carbons (Fsp3) is 0.250. The van der Waals surface area contributed by atoms with Crippen LogP contribution in [0.15, 0.2) is 90.6 Å².